The molecule has 0 spiro atoms. The molecule has 184 valence electrons. The number of anilines is 2. The predicted octanol–water partition coefficient (Wildman–Crippen LogP) is 5.45. The molecule has 0 bridgehead atoms. The number of H-pyrrole nitrogens is 1. The maximum absolute atomic E-state index is 13.6. The Bertz CT molecular complexity index is 1400. The van der Waals surface area contributed by atoms with E-state index in [1.807, 2.05) is 6.07 Å². The maximum Gasteiger partial charge on any atom is 0.123 e. The summed E-state index contributed by atoms with van der Waals surface area (Å²) in [7, 11) is 0. The Morgan fingerprint density at radius 3 is 2.69 bits per heavy atom. The molecule has 0 aliphatic carbocycles. The number of hydrogen-bond donors (Lipinski definition) is 3. The highest BCUT2D eigenvalue weighted by Crippen LogP contribution is 2.37. The van der Waals surface area contributed by atoms with Crippen molar-refractivity contribution in [1.29, 1.82) is 5.26 Å². The number of nitrogens with one attached hydrogen (secondary N) is 3. The molecule has 36 heavy (non-hydrogen) atoms. The molecule has 0 unspecified atom stereocenters. The number of nitriles is 1. The van der Waals surface area contributed by atoms with E-state index in [4.69, 9.17) is 16.3 Å². The third kappa shape index (κ3) is 4.96. The highest BCUT2D eigenvalue weighted by atomic mass is 35.5. The lowest BCUT2D eigenvalue weighted by molar-refractivity contribution is 0.0300. The van der Waals surface area contributed by atoms with E-state index in [1.54, 1.807) is 30.6 Å². The van der Waals surface area contributed by atoms with E-state index in [0.29, 0.717) is 39.7 Å². The Morgan fingerprint density at radius 2 is 2.00 bits per heavy atom. The summed E-state index contributed by atoms with van der Waals surface area (Å²) in [6.07, 6.45) is 5.06. The summed E-state index contributed by atoms with van der Waals surface area (Å²) in [6.45, 7) is 4.37. The van der Waals surface area contributed by atoms with Gasteiger partial charge in [-0.1, -0.05) is 30.7 Å². The lowest BCUT2D eigenvalue weighted by Gasteiger charge is -2.34. The quantitative estimate of drug-likeness (QED) is 0.306. The molecule has 10 heteroatoms. The average Bonchev–Trinajstić information content (AvgIpc) is 3.41. The number of ether oxygens (including phenoxy) is 1. The molecule has 2 aromatic heterocycles. The number of benzene rings is 2. The van der Waals surface area contributed by atoms with Gasteiger partial charge in [-0.15, -0.1) is 0 Å². The van der Waals surface area contributed by atoms with E-state index in [0.717, 1.165) is 37.0 Å². The van der Waals surface area contributed by atoms with Crippen LogP contribution in [0, 0.1) is 22.6 Å². The molecule has 2 aromatic carbocycles. The molecule has 0 amide bonds. The van der Waals surface area contributed by atoms with E-state index >= 15 is 0 Å². The number of aromatic amines is 1. The molecule has 3 heterocycles. The van der Waals surface area contributed by atoms with E-state index in [1.165, 1.54) is 12.1 Å². The minimum absolute atomic E-state index is 0.0564. The van der Waals surface area contributed by atoms with Crippen LogP contribution in [0.25, 0.3) is 10.9 Å². The topological polar surface area (TPSA) is 112 Å². The van der Waals surface area contributed by atoms with Gasteiger partial charge >= 0.3 is 0 Å². The average molecular weight is 506 g/mol. The van der Waals surface area contributed by atoms with Crippen molar-refractivity contribution < 1.29 is 9.13 Å². The molecule has 8 nitrogen and oxygen atoms in total. The third-order valence-corrected chi connectivity index (χ3v) is 6.90. The monoisotopic (exact) mass is 505 g/mol. The maximum atomic E-state index is 13.6. The van der Waals surface area contributed by atoms with Crippen molar-refractivity contribution in [3.63, 3.8) is 0 Å². The second-order valence-corrected chi connectivity index (χ2v) is 9.74. The van der Waals surface area contributed by atoms with Crippen LogP contribution in [0.5, 0.6) is 0 Å². The first kappa shape index (κ1) is 24.0. The summed E-state index contributed by atoms with van der Waals surface area (Å²) in [5.74, 6) is -0.328. The van der Waals surface area contributed by atoms with Crippen LogP contribution in [0.2, 0.25) is 5.02 Å². The highest BCUT2D eigenvalue weighted by molar-refractivity contribution is 6.32. The van der Waals surface area contributed by atoms with Crippen LogP contribution in [0.1, 0.15) is 42.6 Å². The molecule has 4 aromatic rings. The van der Waals surface area contributed by atoms with Crippen LogP contribution in [0.15, 0.2) is 48.8 Å². The highest BCUT2D eigenvalue weighted by Gasteiger charge is 2.28. The standard InChI is InChI=1S/C26H25ClFN7O/c1-26(6-8-36-9-7-26)15-31-23-17(12-29)13-30-25-20(23)10-18(27)11-21(25)33-24(22-14-32-35-34-22)16-2-4-19(28)5-3-16/h2-5,10-11,13-14,24,33H,6-9,15H2,1H3,(H,30,31)(H,32,34,35)/t24-/m0/s1. The first-order valence-electron chi connectivity index (χ1n) is 11.7. The second kappa shape index (κ2) is 10.1. The lowest BCUT2D eigenvalue weighted by Crippen LogP contribution is -2.33. The van der Waals surface area contributed by atoms with Crippen molar-refractivity contribution in [1.82, 2.24) is 20.4 Å². The van der Waals surface area contributed by atoms with Crippen LogP contribution < -0.4 is 10.6 Å². The summed E-state index contributed by atoms with van der Waals surface area (Å²) in [6, 6.07) is 11.6. The van der Waals surface area contributed by atoms with E-state index in [9.17, 15) is 9.65 Å². The number of halogens is 2. The minimum atomic E-state index is -0.444. The van der Waals surface area contributed by atoms with E-state index in [-0.39, 0.29) is 11.2 Å². The lowest BCUT2D eigenvalue weighted by atomic mass is 9.82. The van der Waals surface area contributed by atoms with Crippen LogP contribution in [0.3, 0.4) is 0 Å². The molecule has 1 saturated heterocycles. The van der Waals surface area contributed by atoms with Crippen LogP contribution >= 0.6 is 11.6 Å². The fourth-order valence-corrected chi connectivity index (χ4v) is 4.70. The van der Waals surface area contributed by atoms with Gasteiger partial charge in [0.1, 0.15) is 17.6 Å². The van der Waals surface area contributed by atoms with Gasteiger partial charge in [-0.3, -0.25) is 4.98 Å². The summed E-state index contributed by atoms with van der Waals surface area (Å²) < 4.78 is 19.1. The minimum Gasteiger partial charge on any atom is -0.383 e. The summed E-state index contributed by atoms with van der Waals surface area (Å²) in [5.41, 5.74) is 3.90. The molecule has 0 saturated carbocycles. The van der Waals surface area contributed by atoms with Crippen molar-refractivity contribution in [3.8, 4) is 6.07 Å². The first-order valence-corrected chi connectivity index (χ1v) is 12.1. The van der Waals surface area contributed by atoms with Crippen molar-refractivity contribution in [2.24, 2.45) is 5.41 Å². The van der Waals surface area contributed by atoms with Crippen LogP contribution in [-0.2, 0) is 4.74 Å². The third-order valence-electron chi connectivity index (χ3n) is 6.68. The van der Waals surface area contributed by atoms with Crippen LogP contribution in [0.4, 0.5) is 15.8 Å². The largest absolute Gasteiger partial charge is 0.383 e. The van der Waals surface area contributed by atoms with E-state index in [2.05, 4.69) is 44.0 Å². The molecule has 1 atom stereocenters. The Morgan fingerprint density at radius 1 is 1.22 bits per heavy atom. The summed E-state index contributed by atoms with van der Waals surface area (Å²) >= 11 is 6.56. The van der Waals surface area contributed by atoms with Crippen molar-refractivity contribution in [2.75, 3.05) is 30.4 Å². The number of nitrogens with zero attached hydrogens (tertiary/aromatic N) is 4. The van der Waals surface area contributed by atoms with Gasteiger partial charge in [0.2, 0.25) is 0 Å². The van der Waals surface area contributed by atoms with Gasteiger partial charge in [-0.2, -0.15) is 20.7 Å². The fourth-order valence-electron chi connectivity index (χ4n) is 4.48. The van der Waals surface area contributed by atoms with Gasteiger partial charge in [0.15, 0.2) is 0 Å². The van der Waals surface area contributed by atoms with Gasteiger partial charge < -0.3 is 15.4 Å². The Kier molecular flexibility index (Phi) is 6.72. The second-order valence-electron chi connectivity index (χ2n) is 9.31. The molecule has 1 aliphatic heterocycles. The van der Waals surface area contributed by atoms with E-state index < -0.39 is 6.04 Å². The van der Waals surface area contributed by atoms with Gasteiger partial charge in [-0.25, -0.2) is 4.39 Å². The van der Waals surface area contributed by atoms with Gasteiger partial charge in [0.25, 0.3) is 0 Å². The number of pyridine rings is 1. The molecule has 1 aliphatic rings. The zero-order valence-corrected chi connectivity index (χ0v) is 20.4. The fraction of sp³-hybridized carbons (Fsp3) is 0.308. The smallest absolute Gasteiger partial charge is 0.123 e. The zero-order chi connectivity index (χ0) is 25.1. The molecule has 1 fully saturated rings. The Balaban J connectivity index is 1.55. The summed E-state index contributed by atoms with van der Waals surface area (Å²) in [4.78, 5) is 4.60. The Hall–Kier alpha value is -3.74. The SMILES string of the molecule is CC1(CNc2c(C#N)cnc3c(N[C@@H](c4ccc(F)cc4)c4cn[nH]n4)cc(Cl)cc23)CCOCC1. The molecule has 3 N–H and O–H groups in total. The predicted molar refractivity (Wildman–Crippen MR) is 136 cm³/mol. The van der Waals surface area contributed by atoms with Crippen LogP contribution in [-0.4, -0.2) is 40.2 Å². The number of fused-ring (bicyclic) bond motifs is 1. The number of rotatable bonds is 7. The van der Waals surface area contributed by atoms with Gasteiger partial charge in [-0.05, 0) is 48.1 Å². The van der Waals surface area contributed by atoms with Gasteiger partial charge in [0, 0.05) is 36.4 Å². The number of aromatic nitrogens is 4. The molecule has 5 rings (SSSR count). The van der Waals surface area contributed by atoms with Crippen molar-refractivity contribution in [3.05, 3.63) is 76.5 Å². The molecular weight excluding hydrogens is 481 g/mol. The van der Waals surface area contributed by atoms with Gasteiger partial charge in [0.05, 0.1) is 34.7 Å². The zero-order valence-electron chi connectivity index (χ0n) is 19.7. The molecule has 0 radical (unpaired) electrons. The van der Waals surface area contributed by atoms with Crippen molar-refractivity contribution in [2.45, 2.75) is 25.8 Å². The molecular formula is C26H25ClFN7O. The van der Waals surface area contributed by atoms with Crippen molar-refractivity contribution >= 4 is 33.9 Å². The summed E-state index contributed by atoms with van der Waals surface area (Å²) in [5, 5.41) is 28.8. The Labute approximate surface area is 212 Å². The first-order chi connectivity index (χ1) is 17.5. The number of hydrogen-bond acceptors (Lipinski definition) is 7. The normalized spacial score (nSPS) is 15.8.